The number of fused-ring (bicyclic) bond motifs is 1. The summed E-state index contributed by atoms with van der Waals surface area (Å²) in [5.74, 6) is 0.132. The van der Waals surface area contributed by atoms with E-state index in [0.29, 0.717) is 41.6 Å². The van der Waals surface area contributed by atoms with E-state index in [1.807, 2.05) is 17.5 Å². The Labute approximate surface area is 208 Å². The largest absolute Gasteiger partial charge is 0.339 e. The molecular weight excluding hydrogens is 484 g/mol. The lowest BCUT2D eigenvalue weighted by molar-refractivity contribution is -0.135. The van der Waals surface area contributed by atoms with Gasteiger partial charge in [-0.05, 0) is 43.3 Å². The summed E-state index contributed by atoms with van der Waals surface area (Å²) in [6, 6.07) is 7.97. The van der Waals surface area contributed by atoms with Crippen LogP contribution in [0.4, 0.5) is 5.69 Å². The van der Waals surface area contributed by atoms with E-state index in [4.69, 9.17) is 4.52 Å². The third kappa shape index (κ3) is 4.67. The summed E-state index contributed by atoms with van der Waals surface area (Å²) in [5, 5.41) is 11.2. The molecule has 5 rings (SSSR count). The lowest BCUT2D eigenvalue weighted by Crippen LogP contribution is -2.45. The van der Waals surface area contributed by atoms with Gasteiger partial charge in [0.05, 0.1) is 21.5 Å². The van der Waals surface area contributed by atoms with Gasteiger partial charge >= 0.3 is 0 Å². The number of benzene rings is 1. The van der Waals surface area contributed by atoms with Crippen LogP contribution in [0.15, 0.2) is 45.0 Å². The standard InChI is InChI=1S/C24H22N6O5S/c1-13-25-14-5-2-6-15(21(14)24(34)30(13)16-10-11-19(32)27-23(16)33)26-18(31)8-3-9-20-28-22(29-35-20)17-7-4-12-36-17/h2,4-7,12,16H,3,8-11H2,1H3,(H,26,31)(H,27,32,33). The highest BCUT2D eigenvalue weighted by Crippen LogP contribution is 2.24. The zero-order valence-electron chi connectivity index (χ0n) is 19.3. The molecule has 0 aliphatic carbocycles. The topological polar surface area (TPSA) is 149 Å². The fourth-order valence-corrected chi connectivity index (χ4v) is 4.88. The third-order valence-electron chi connectivity index (χ3n) is 5.91. The molecule has 0 bridgehead atoms. The van der Waals surface area contributed by atoms with Crippen molar-refractivity contribution in [3.05, 3.63) is 57.8 Å². The first-order valence-electron chi connectivity index (χ1n) is 11.4. The minimum atomic E-state index is -0.843. The zero-order chi connectivity index (χ0) is 25.2. The number of aromatic nitrogens is 4. The fraction of sp³-hybridized carbons (Fsp3) is 0.292. The molecule has 1 aromatic carbocycles. The van der Waals surface area contributed by atoms with Gasteiger partial charge in [-0.3, -0.25) is 29.1 Å². The number of nitrogens with zero attached hydrogens (tertiary/aromatic N) is 4. The SMILES string of the molecule is Cc1nc2cccc(NC(=O)CCCc3nc(-c4cccs4)no3)c2c(=O)n1C1CCC(=O)NC1=O. The van der Waals surface area contributed by atoms with Crippen LogP contribution in [0.3, 0.4) is 0 Å². The number of imide groups is 1. The Hall–Kier alpha value is -4.19. The maximum Gasteiger partial charge on any atom is 0.264 e. The van der Waals surface area contributed by atoms with E-state index in [1.165, 1.54) is 15.9 Å². The van der Waals surface area contributed by atoms with Gasteiger partial charge in [0.15, 0.2) is 0 Å². The molecule has 1 unspecified atom stereocenters. The number of aryl methyl sites for hydroxylation is 2. The number of carbonyl (C=O) groups is 3. The Morgan fingerprint density at radius 3 is 2.86 bits per heavy atom. The van der Waals surface area contributed by atoms with Gasteiger partial charge in [0.2, 0.25) is 29.4 Å². The van der Waals surface area contributed by atoms with Gasteiger partial charge < -0.3 is 9.84 Å². The van der Waals surface area contributed by atoms with E-state index in [9.17, 15) is 19.2 Å². The third-order valence-corrected chi connectivity index (χ3v) is 6.77. The number of anilines is 1. The second kappa shape index (κ2) is 9.82. The fourth-order valence-electron chi connectivity index (χ4n) is 4.23. The van der Waals surface area contributed by atoms with E-state index in [-0.39, 0.29) is 36.5 Å². The molecule has 12 heteroatoms. The van der Waals surface area contributed by atoms with Gasteiger partial charge in [-0.1, -0.05) is 17.3 Å². The summed E-state index contributed by atoms with van der Waals surface area (Å²) < 4.78 is 6.56. The summed E-state index contributed by atoms with van der Waals surface area (Å²) in [5.41, 5.74) is 0.273. The van der Waals surface area contributed by atoms with Gasteiger partial charge in [0.1, 0.15) is 11.9 Å². The van der Waals surface area contributed by atoms with E-state index in [1.54, 1.807) is 25.1 Å². The smallest absolute Gasteiger partial charge is 0.264 e. The van der Waals surface area contributed by atoms with Crippen molar-refractivity contribution in [2.45, 2.75) is 45.1 Å². The lowest BCUT2D eigenvalue weighted by Gasteiger charge is -2.24. The van der Waals surface area contributed by atoms with E-state index < -0.39 is 17.5 Å². The van der Waals surface area contributed by atoms with Crippen molar-refractivity contribution < 1.29 is 18.9 Å². The van der Waals surface area contributed by atoms with Gasteiger partial charge in [0.25, 0.3) is 5.56 Å². The summed E-state index contributed by atoms with van der Waals surface area (Å²) in [4.78, 5) is 59.8. The number of rotatable bonds is 7. The average Bonchev–Trinajstić information content (AvgIpc) is 3.52. The van der Waals surface area contributed by atoms with E-state index in [2.05, 4.69) is 25.8 Å². The van der Waals surface area contributed by atoms with Crippen LogP contribution in [0.5, 0.6) is 0 Å². The first kappa shape index (κ1) is 23.5. The van der Waals surface area contributed by atoms with Crippen molar-refractivity contribution in [1.29, 1.82) is 0 Å². The summed E-state index contributed by atoms with van der Waals surface area (Å²) in [7, 11) is 0. The highest BCUT2D eigenvalue weighted by Gasteiger charge is 2.30. The van der Waals surface area contributed by atoms with Crippen LogP contribution in [0, 0.1) is 6.92 Å². The van der Waals surface area contributed by atoms with Crippen LogP contribution in [-0.2, 0) is 20.8 Å². The van der Waals surface area contributed by atoms with Crippen LogP contribution >= 0.6 is 11.3 Å². The number of piperidine rings is 1. The van der Waals surface area contributed by atoms with Crippen LogP contribution in [0.2, 0.25) is 0 Å². The molecule has 184 valence electrons. The molecular formula is C24H22N6O5S. The predicted molar refractivity (Wildman–Crippen MR) is 131 cm³/mol. The maximum atomic E-state index is 13.5. The lowest BCUT2D eigenvalue weighted by atomic mass is 10.1. The number of nitrogens with one attached hydrogen (secondary N) is 2. The number of hydrogen-bond acceptors (Lipinski definition) is 9. The molecule has 3 amide bonds. The van der Waals surface area contributed by atoms with Crippen molar-refractivity contribution in [2.24, 2.45) is 0 Å². The van der Waals surface area contributed by atoms with Crippen molar-refractivity contribution in [3.8, 4) is 10.7 Å². The molecule has 1 atom stereocenters. The van der Waals surface area contributed by atoms with Crippen LogP contribution < -0.4 is 16.2 Å². The molecule has 3 aromatic heterocycles. The van der Waals surface area contributed by atoms with Gasteiger partial charge in [-0.2, -0.15) is 4.98 Å². The quantitative estimate of drug-likeness (QED) is 0.363. The molecule has 4 heterocycles. The molecule has 1 saturated heterocycles. The maximum absolute atomic E-state index is 13.5. The highest BCUT2D eigenvalue weighted by molar-refractivity contribution is 7.13. The summed E-state index contributed by atoms with van der Waals surface area (Å²) >= 11 is 1.51. The van der Waals surface area contributed by atoms with E-state index >= 15 is 0 Å². The molecule has 0 spiro atoms. The molecule has 2 N–H and O–H groups in total. The van der Waals surface area contributed by atoms with Crippen LogP contribution in [0.25, 0.3) is 21.6 Å². The molecule has 0 saturated carbocycles. The Bertz CT molecular complexity index is 1520. The van der Waals surface area contributed by atoms with Crippen LogP contribution in [-0.4, -0.2) is 37.4 Å². The first-order chi connectivity index (χ1) is 17.4. The predicted octanol–water partition coefficient (Wildman–Crippen LogP) is 2.76. The molecule has 1 aliphatic heterocycles. The normalized spacial score (nSPS) is 15.8. The Kier molecular flexibility index (Phi) is 6.42. The molecule has 0 radical (unpaired) electrons. The van der Waals surface area contributed by atoms with Crippen molar-refractivity contribution in [1.82, 2.24) is 25.0 Å². The number of hydrogen-bond donors (Lipinski definition) is 2. The number of carbonyl (C=O) groups excluding carboxylic acids is 3. The number of amides is 3. The number of thiophene rings is 1. The van der Waals surface area contributed by atoms with Gasteiger partial charge in [-0.15, -0.1) is 11.3 Å². The van der Waals surface area contributed by atoms with Crippen molar-refractivity contribution in [3.63, 3.8) is 0 Å². The second-order valence-corrected chi connectivity index (χ2v) is 9.34. The highest BCUT2D eigenvalue weighted by atomic mass is 32.1. The molecule has 1 fully saturated rings. The Morgan fingerprint density at radius 2 is 2.08 bits per heavy atom. The van der Waals surface area contributed by atoms with Crippen LogP contribution in [0.1, 0.15) is 43.4 Å². The summed E-state index contributed by atoms with van der Waals surface area (Å²) in [6.07, 6.45) is 1.42. The minimum Gasteiger partial charge on any atom is -0.339 e. The van der Waals surface area contributed by atoms with E-state index in [0.717, 1.165) is 4.88 Å². The Morgan fingerprint density at radius 1 is 1.22 bits per heavy atom. The van der Waals surface area contributed by atoms with Crippen molar-refractivity contribution >= 4 is 45.6 Å². The molecule has 11 nitrogen and oxygen atoms in total. The second-order valence-electron chi connectivity index (χ2n) is 8.39. The molecule has 36 heavy (non-hydrogen) atoms. The van der Waals surface area contributed by atoms with Crippen molar-refractivity contribution in [2.75, 3.05) is 5.32 Å². The van der Waals surface area contributed by atoms with Gasteiger partial charge in [0, 0.05) is 19.3 Å². The molecule has 1 aliphatic rings. The first-order valence-corrected chi connectivity index (χ1v) is 12.3. The summed E-state index contributed by atoms with van der Waals surface area (Å²) in [6.45, 7) is 1.64. The molecule has 4 aromatic rings. The Balaban J connectivity index is 1.31. The zero-order valence-corrected chi connectivity index (χ0v) is 20.1. The van der Waals surface area contributed by atoms with Gasteiger partial charge in [-0.25, -0.2) is 4.98 Å². The average molecular weight is 507 g/mol. The monoisotopic (exact) mass is 506 g/mol. The minimum absolute atomic E-state index is 0.133.